The maximum absolute atomic E-state index is 13.1. The first-order valence-electron chi connectivity index (χ1n) is 9.73. The number of nitrogens with zero attached hydrogens (tertiary/aromatic N) is 1. The highest BCUT2D eigenvalue weighted by Gasteiger charge is 2.26. The van der Waals surface area contributed by atoms with Crippen molar-refractivity contribution in [1.29, 1.82) is 0 Å². The smallest absolute Gasteiger partial charge is 0.242 e. The lowest BCUT2D eigenvalue weighted by molar-refractivity contribution is -0.139. The number of carbonyl (C=O) groups excluding carboxylic acids is 2. The van der Waals surface area contributed by atoms with Crippen molar-refractivity contribution in [3.8, 4) is 0 Å². The molecule has 0 aromatic heterocycles. The van der Waals surface area contributed by atoms with Crippen LogP contribution >= 0.6 is 11.6 Å². The van der Waals surface area contributed by atoms with Gasteiger partial charge in [-0.1, -0.05) is 74.0 Å². The van der Waals surface area contributed by atoms with Crippen LogP contribution in [0.4, 0.5) is 0 Å². The summed E-state index contributed by atoms with van der Waals surface area (Å²) >= 11 is 6.22. The summed E-state index contributed by atoms with van der Waals surface area (Å²) in [5.74, 6) is 0.123. The molecule has 28 heavy (non-hydrogen) atoms. The molecule has 0 bridgehead atoms. The summed E-state index contributed by atoms with van der Waals surface area (Å²) < 4.78 is 0. The van der Waals surface area contributed by atoms with Gasteiger partial charge in [0.15, 0.2) is 0 Å². The van der Waals surface area contributed by atoms with Crippen LogP contribution in [0.15, 0.2) is 54.6 Å². The van der Waals surface area contributed by atoms with Gasteiger partial charge in [0, 0.05) is 18.1 Å². The van der Waals surface area contributed by atoms with Crippen LogP contribution in [-0.4, -0.2) is 35.8 Å². The van der Waals surface area contributed by atoms with E-state index in [9.17, 15) is 9.59 Å². The van der Waals surface area contributed by atoms with Gasteiger partial charge in [-0.2, -0.15) is 0 Å². The first-order chi connectivity index (χ1) is 13.4. The van der Waals surface area contributed by atoms with Gasteiger partial charge in [-0.15, -0.1) is 0 Å². The quantitative estimate of drug-likeness (QED) is 0.688. The van der Waals surface area contributed by atoms with Gasteiger partial charge < -0.3 is 10.2 Å². The fraction of sp³-hybridized carbons (Fsp3) is 0.391. The number of rotatable bonds is 9. The SMILES string of the molecule is CC(C)CNC(=O)C(C)N(CCc1ccccc1)C(=O)Cc1ccccc1Cl. The molecule has 1 N–H and O–H groups in total. The Morgan fingerprint density at radius 1 is 1.00 bits per heavy atom. The molecule has 150 valence electrons. The molecule has 1 atom stereocenters. The zero-order valence-corrected chi connectivity index (χ0v) is 17.6. The Hall–Kier alpha value is -2.33. The zero-order chi connectivity index (χ0) is 20.5. The monoisotopic (exact) mass is 400 g/mol. The predicted molar refractivity (Wildman–Crippen MR) is 114 cm³/mol. The van der Waals surface area contributed by atoms with Crippen molar-refractivity contribution in [3.05, 3.63) is 70.7 Å². The number of hydrogen-bond acceptors (Lipinski definition) is 2. The normalized spacial score (nSPS) is 11.9. The lowest BCUT2D eigenvalue weighted by atomic mass is 10.1. The van der Waals surface area contributed by atoms with E-state index < -0.39 is 6.04 Å². The van der Waals surface area contributed by atoms with E-state index in [4.69, 9.17) is 11.6 Å². The van der Waals surface area contributed by atoms with E-state index in [0.717, 1.165) is 11.1 Å². The number of hydrogen-bond donors (Lipinski definition) is 1. The Kier molecular flexibility index (Phi) is 8.52. The maximum atomic E-state index is 13.1. The topological polar surface area (TPSA) is 49.4 Å². The van der Waals surface area contributed by atoms with Gasteiger partial charge in [0.1, 0.15) is 6.04 Å². The summed E-state index contributed by atoms with van der Waals surface area (Å²) in [5, 5.41) is 3.50. The molecule has 4 nitrogen and oxygen atoms in total. The molecule has 1 unspecified atom stereocenters. The van der Waals surface area contributed by atoms with Crippen LogP contribution in [0, 0.1) is 5.92 Å². The molecule has 0 aliphatic carbocycles. The van der Waals surface area contributed by atoms with Crippen LogP contribution in [0.5, 0.6) is 0 Å². The molecular weight excluding hydrogens is 372 g/mol. The Balaban J connectivity index is 2.13. The molecule has 0 spiro atoms. The van der Waals surface area contributed by atoms with Gasteiger partial charge in [-0.3, -0.25) is 9.59 Å². The van der Waals surface area contributed by atoms with E-state index in [2.05, 4.69) is 5.32 Å². The Morgan fingerprint density at radius 2 is 1.64 bits per heavy atom. The van der Waals surface area contributed by atoms with Gasteiger partial charge in [0.25, 0.3) is 0 Å². The van der Waals surface area contributed by atoms with Gasteiger partial charge in [-0.25, -0.2) is 0 Å². The highest BCUT2D eigenvalue weighted by Crippen LogP contribution is 2.17. The van der Waals surface area contributed by atoms with Crippen molar-refractivity contribution >= 4 is 23.4 Å². The van der Waals surface area contributed by atoms with Crippen molar-refractivity contribution in [2.24, 2.45) is 5.92 Å². The zero-order valence-electron chi connectivity index (χ0n) is 16.8. The molecule has 2 amide bonds. The molecule has 0 heterocycles. The minimum Gasteiger partial charge on any atom is -0.354 e. The molecule has 0 aliphatic rings. The molecule has 0 radical (unpaired) electrons. The molecule has 2 aromatic carbocycles. The third kappa shape index (κ3) is 6.68. The second kappa shape index (κ2) is 10.9. The van der Waals surface area contributed by atoms with Crippen LogP contribution in [0.2, 0.25) is 5.02 Å². The van der Waals surface area contributed by atoms with Crippen LogP contribution in [0.1, 0.15) is 31.9 Å². The van der Waals surface area contributed by atoms with Crippen molar-refractivity contribution in [2.75, 3.05) is 13.1 Å². The first-order valence-corrected chi connectivity index (χ1v) is 10.1. The molecule has 5 heteroatoms. The van der Waals surface area contributed by atoms with E-state index in [-0.39, 0.29) is 18.2 Å². The highest BCUT2D eigenvalue weighted by atomic mass is 35.5. The number of amides is 2. The third-order valence-corrected chi connectivity index (χ3v) is 5.00. The minimum atomic E-state index is -0.544. The average molecular weight is 401 g/mol. The fourth-order valence-corrected chi connectivity index (χ4v) is 3.13. The van der Waals surface area contributed by atoms with E-state index in [0.29, 0.717) is 30.5 Å². The Bertz CT molecular complexity index is 777. The summed E-state index contributed by atoms with van der Waals surface area (Å²) in [5.41, 5.74) is 1.90. The summed E-state index contributed by atoms with van der Waals surface area (Å²) in [4.78, 5) is 27.3. The molecule has 0 saturated heterocycles. The maximum Gasteiger partial charge on any atom is 0.242 e. The van der Waals surface area contributed by atoms with Crippen LogP contribution in [0.25, 0.3) is 0 Å². The lowest BCUT2D eigenvalue weighted by Gasteiger charge is -2.29. The largest absolute Gasteiger partial charge is 0.354 e. The lowest BCUT2D eigenvalue weighted by Crippen LogP contribution is -2.49. The number of nitrogens with one attached hydrogen (secondary N) is 1. The van der Waals surface area contributed by atoms with Gasteiger partial charge >= 0.3 is 0 Å². The van der Waals surface area contributed by atoms with E-state index in [1.165, 1.54) is 0 Å². The molecule has 0 fully saturated rings. The van der Waals surface area contributed by atoms with Crippen molar-refractivity contribution in [1.82, 2.24) is 10.2 Å². The standard InChI is InChI=1S/C23H29ClN2O2/c1-17(2)16-25-23(28)18(3)26(14-13-19-9-5-4-6-10-19)22(27)15-20-11-7-8-12-21(20)24/h4-12,17-18H,13-16H2,1-3H3,(H,25,28). The van der Waals surface area contributed by atoms with Crippen molar-refractivity contribution < 1.29 is 9.59 Å². The Labute approximate surface area is 172 Å². The van der Waals surface area contributed by atoms with Crippen LogP contribution in [-0.2, 0) is 22.4 Å². The van der Waals surface area contributed by atoms with Gasteiger partial charge in [0.2, 0.25) is 11.8 Å². The van der Waals surface area contributed by atoms with Crippen LogP contribution in [0.3, 0.4) is 0 Å². The Morgan fingerprint density at radius 3 is 2.29 bits per heavy atom. The van der Waals surface area contributed by atoms with E-state index in [1.807, 2.05) is 62.4 Å². The molecule has 0 saturated carbocycles. The summed E-state index contributed by atoms with van der Waals surface area (Å²) in [6, 6.07) is 16.8. The van der Waals surface area contributed by atoms with Crippen LogP contribution < -0.4 is 5.32 Å². The predicted octanol–water partition coefficient (Wildman–Crippen LogP) is 4.11. The first kappa shape index (κ1) is 22.0. The molecule has 0 aliphatic heterocycles. The second-order valence-electron chi connectivity index (χ2n) is 7.41. The third-order valence-electron chi connectivity index (χ3n) is 4.64. The summed E-state index contributed by atoms with van der Waals surface area (Å²) in [6.07, 6.45) is 0.868. The molecule has 2 rings (SSSR count). The second-order valence-corrected chi connectivity index (χ2v) is 7.81. The molecule has 2 aromatic rings. The average Bonchev–Trinajstić information content (AvgIpc) is 2.68. The van der Waals surface area contributed by atoms with E-state index >= 15 is 0 Å². The highest BCUT2D eigenvalue weighted by molar-refractivity contribution is 6.31. The van der Waals surface area contributed by atoms with Crippen molar-refractivity contribution in [3.63, 3.8) is 0 Å². The van der Waals surface area contributed by atoms with Gasteiger partial charge in [-0.05, 0) is 36.5 Å². The number of halogens is 1. The summed E-state index contributed by atoms with van der Waals surface area (Å²) in [7, 11) is 0. The molecular formula is C23H29ClN2O2. The minimum absolute atomic E-state index is 0.101. The number of carbonyl (C=O) groups is 2. The van der Waals surface area contributed by atoms with Gasteiger partial charge in [0.05, 0.1) is 6.42 Å². The number of benzene rings is 2. The van der Waals surface area contributed by atoms with Crippen molar-refractivity contribution in [2.45, 2.75) is 39.7 Å². The summed E-state index contributed by atoms with van der Waals surface area (Å²) in [6.45, 7) is 6.93. The fourth-order valence-electron chi connectivity index (χ4n) is 2.93. The van der Waals surface area contributed by atoms with E-state index in [1.54, 1.807) is 17.9 Å².